The molecule has 45 heavy (non-hydrogen) atoms. The van der Waals surface area contributed by atoms with Crippen LogP contribution in [0.15, 0.2) is 138 Å². The summed E-state index contributed by atoms with van der Waals surface area (Å²) in [6.45, 7) is 2.16. The van der Waals surface area contributed by atoms with Gasteiger partial charge in [0.2, 0.25) is 0 Å². The second kappa shape index (κ2) is 10.7. The van der Waals surface area contributed by atoms with Crippen molar-refractivity contribution in [3.05, 3.63) is 139 Å². The second-order valence-corrected chi connectivity index (χ2v) is 15.7. The Morgan fingerprint density at radius 2 is 1.29 bits per heavy atom. The van der Waals surface area contributed by atoms with E-state index in [0.29, 0.717) is 4.90 Å². The minimum absolute atomic E-state index is 0.193. The van der Waals surface area contributed by atoms with E-state index in [-0.39, 0.29) is 15.0 Å². The molecule has 4 nitrogen and oxygen atoms in total. The molecule has 0 saturated carbocycles. The number of pyridine rings is 1. The standard InChI is InChI=1S/C39H28N2O2SSe/c1-25-18-23-35(41-33-14-5-7-16-36(33)45-37-17-8-6-15-34(37)41)39-38(25)31(30-13-9-11-26-10-3-4-12-29(26)30)24-32(40-39)27-19-21-28(22-20-27)44(2,42)43/h3-24H,1-2H3. The first-order chi connectivity index (χ1) is 21.9. The van der Waals surface area contributed by atoms with Gasteiger partial charge in [-0.05, 0) is 0 Å². The molecule has 2 heterocycles. The Kier molecular flexibility index (Phi) is 6.61. The number of hydrogen-bond donors (Lipinski definition) is 0. The van der Waals surface area contributed by atoms with Crippen LogP contribution in [-0.4, -0.2) is 34.6 Å². The molecule has 6 aromatic carbocycles. The van der Waals surface area contributed by atoms with Gasteiger partial charge in [0.15, 0.2) is 0 Å². The van der Waals surface area contributed by atoms with Crippen LogP contribution >= 0.6 is 0 Å². The monoisotopic (exact) mass is 668 g/mol. The molecule has 0 amide bonds. The molecule has 0 saturated heterocycles. The van der Waals surface area contributed by atoms with Gasteiger partial charge in [0.1, 0.15) is 0 Å². The van der Waals surface area contributed by atoms with E-state index in [9.17, 15) is 8.42 Å². The number of rotatable bonds is 4. The van der Waals surface area contributed by atoms with Gasteiger partial charge in [-0.2, -0.15) is 0 Å². The van der Waals surface area contributed by atoms with Crippen LogP contribution in [0, 0.1) is 6.92 Å². The SMILES string of the molecule is Cc1ccc(N2c3ccccc3[Se]c3ccccc32)c2nc(-c3ccc(S(C)(=O)=O)cc3)cc(-c3cccc4ccccc34)c12. The van der Waals surface area contributed by atoms with Crippen molar-refractivity contribution in [3.63, 3.8) is 0 Å². The number of para-hydroxylation sites is 2. The zero-order valence-electron chi connectivity index (χ0n) is 24.7. The van der Waals surface area contributed by atoms with Crippen molar-refractivity contribution >= 4 is 72.5 Å². The van der Waals surface area contributed by atoms with Crippen molar-refractivity contribution in [2.45, 2.75) is 11.8 Å². The molecular weight excluding hydrogens is 639 g/mol. The first-order valence-electron chi connectivity index (χ1n) is 14.8. The molecule has 0 N–H and O–H groups in total. The average Bonchev–Trinajstić information content (AvgIpc) is 3.06. The third-order valence-electron chi connectivity index (χ3n) is 8.48. The Morgan fingerprint density at radius 1 is 0.644 bits per heavy atom. The molecule has 218 valence electrons. The Hall–Kier alpha value is -4.74. The van der Waals surface area contributed by atoms with Crippen LogP contribution in [0.4, 0.5) is 17.1 Å². The van der Waals surface area contributed by atoms with E-state index in [1.165, 1.54) is 37.3 Å². The summed E-state index contributed by atoms with van der Waals surface area (Å²) in [5.41, 5.74) is 9.31. The second-order valence-electron chi connectivity index (χ2n) is 11.4. The summed E-state index contributed by atoms with van der Waals surface area (Å²) in [5.74, 6) is 0. The van der Waals surface area contributed by atoms with Gasteiger partial charge in [-0.1, -0.05) is 0 Å². The van der Waals surface area contributed by atoms with Crippen LogP contribution in [-0.2, 0) is 9.84 Å². The number of nitrogens with zero attached hydrogens (tertiary/aromatic N) is 2. The summed E-state index contributed by atoms with van der Waals surface area (Å²) in [4.78, 5) is 8.06. The number of anilines is 3. The molecule has 0 unspecified atom stereocenters. The molecule has 0 fully saturated rings. The Bertz CT molecular complexity index is 2350. The van der Waals surface area contributed by atoms with Crippen molar-refractivity contribution in [3.8, 4) is 22.4 Å². The molecule has 0 bridgehead atoms. The van der Waals surface area contributed by atoms with E-state index in [4.69, 9.17) is 4.98 Å². The first-order valence-corrected chi connectivity index (χ1v) is 18.4. The summed E-state index contributed by atoms with van der Waals surface area (Å²) in [6.07, 6.45) is 1.24. The fourth-order valence-corrected chi connectivity index (χ4v) is 9.18. The van der Waals surface area contributed by atoms with Gasteiger partial charge in [-0.3, -0.25) is 0 Å². The van der Waals surface area contributed by atoms with Gasteiger partial charge in [-0.25, -0.2) is 8.42 Å². The molecule has 0 aliphatic carbocycles. The van der Waals surface area contributed by atoms with Crippen molar-refractivity contribution in [1.82, 2.24) is 4.98 Å². The Morgan fingerprint density at radius 3 is 2.00 bits per heavy atom. The number of sulfone groups is 1. The van der Waals surface area contributed by atoms with Gasteiger partial charge in [-0.15, -0.1) is 0 Å². The van der Waals surface area contributed by atoms with Crippen LogP contribution < -0.4 is 13.8 Å². The molecule has 1 aliphatic rings. The molecule has 1 aliphatic heterocycles. The summed E-state index contributed by atoms with van der Waals surface area (Å²) < 4.78 is 27.2. The van der Waals surface area contributed by atoms with Crippen LogP contribution in [0.5, 0.6) is 0 Å². The molecule has 0 radical (unpaired) electrons. The summed E-state index contributed by atoms with van der Waals surface area (Å²) >= 11 is 0.193. The third kappa shape index (κ3) is 4.74. The molecule has 1 aromatic heterocycles. The van der Waals surface area contributed by atoms with Gasteiger partial charge in [0.05, 0.1) is 0 Å². The topological polar surface area (TPSA) is 50.3 Å². The van der Waals surface area contributed by atoms with E-state index in [1.807, 2.05) is 12.1 Å². The van der Waals surface area contributed by atoms with E-state index in [0.717, 1.165) is 44.5 Å². The number of aromatic nitrogens is 1. The van der Waals surface area contributed by atoms with Gasteiger partial charge >= 0.3 is 256 Å². The average molecular weight is 668 g/mol. The predicted molar refractivity (Wildman–Crippen MR) is 188 cm³/mol. The third-order valence-corrected chi connectivity index (χ3v) is 12.0. The van der Waals surface area contributed by atoms with E-state index < -0.39 is 9.84 Å². The van der Waals surface area contributed by atoms with Crippen LogP contribution in [0.1, 0.15) is 5.56 Å². The van der Waals surface area contributed by atoms with Crippen LogP contribution in [0.2, 0.25) is 0 Å². The van der Waals surface area contributed by atoms with E-state index in [2.05, 4.69) is 121 Å². The number of benzene rings is 6. The minimum atomic E-state index is -3.32. The molecule has 0 atom stereocenters. The van der Waals surface area contributed by atoms with Crippen molar-refractivity contribution < 1.29 is 8.42 Å². The van der Waals surface area contributed by atoms with Gasteiger partial charge in [0, 0.05) is 6.26 Å². The summed E-state index contributed by atoms with van der Waals surface area (Å²) in [5, 5.41) is 3.45. The van der Waals surface area contributed by atoms with E-state index in [1.54, 1.807) is 12.1 Å². The maximum atomic E-state index is 12.3. The number of aryl methyl sites for hydroxylation is 1. The quantitative estimate of drug-likeness (QED) is 0.179. The molecule has 7 aromatic rings. The van der Waals surface area contributed by atoms with E-state index >= 15 is 0 Å². The van der Waals surface area contributed by atoms with Gasteiger partial charge in [0.25, 0.3) is 0 Å². The molecule has 0 spiro atoms. The Labute approximate surface area is 269 Å². The van der Waals surface area contributed by atoms with Crippen LogP contribution in [0.3, 0.4) is 0 Å². The number of fused-ring (bicyclic) bond motifs is 4. The zero-order chi connectivity index (χ0) is 30.7. The molecule has 8 rings (SSSR count). The van der Waals surface area contributed by atoms with Gasteiger partial charge < -0.3 is 0 Å². The maximum absolute atomic E-state index is 12.3. The normalized spacial score (nSPS) is 12.7. The van der Waals surface area contributed by atoms with Crippen molar-refractivity contribution in [1.29, 1.82) is 0 Å². The fraction of sp³-hybridized carbons (Fsp3) is 0.0513. The van der Waals surface area contributed by atoms with Crippen molar-refractivity contribution in [2.75, 3.05) is 11.2 Å². The predicted octanol–water partition coefficient (Wildman–Crippen LogP) is 7.87. The molecular formula is C39H28N2O2SSe. The first kappa shape index (κ1) is 27.8. The Balaban J connectivity index is 1.47. The van der Waals surface area contributed by atoms with Crippen LogP contribution in [0.25, 0.3) is 44.1 Å². The van der Waals surface area contributed by atoms with Crippen molar-refractivity contribution in [2.24, 2.45) is 0 Å². The zero-order valence-corrected chi connectivity index (χ0v) is 27.3. The fourth-order valence-electron chi connectivity index (χ4n) is 6.33. The summed E-state index contributed by atoms with van der Waals surface area (Å²) in [7, 11) is -3.32. The summed E-state index contributed by atoms with van der Waals surface area (Å²) in [6, 6.07) is 45.9. The molecule has 6 heteroatoms. The number of hydrogen-bond acceptors (Lipinski definition) is 4.